The molecule has 0 aliphatic heterocycles. The minimum Gasteiger partial charge on any atom is -0.0614 e. The molecule has 3 aromatic rings. The zero-order valence-electron chi connectivity index (χ0n) is 11.7. The highest BCUT2D eigenvalue weighted by Crippen LogP contribution is 2.51. The van der Waals surface area contributed by atoms with Crippen LogP contribution < -0.4 is 0 Å². The quantitative estimate of drug-likeness (QED) is 0.476. The summed E-state index contributed by atoms with van der Waals surface area (Å²) in [6.45, 7) is 0. The van der Waals surface area contributed by atoms with Crippen LogP contribution in [-0.2, 0) is 11.8 Å². The molecule has 5 rings (SSSR count). The van der Waals surface area contributed by atoms with Crippen molar-refractivity contribution in [2.75, 3.05) is 0 Å². The fraction of sp³-hybridized carbons (Fsp3) is 0.300. The van der Waals surface area contributed by atoms with Gasteiger partial charge in [0, 0.05) is 0 Å². The van der Waals surface area contributed by atoms with Gasteiger partial charge in [-0.15, -0.1) is 0 Å². The maximum Gasteiger partial charge on any atom is -0.00000594 e. The van der Waals surface area contributed by atoms with Gasteiger partial charge in [-0.2, -0.15) is 0 Å². The third-order valence-electron chi connectivity index (χ3n) is 5.63. The molecular weight excluding hydrogens is 240 g/mol. The van der Waals surface area contributed by atoms with E-state index in [1.54, 1.807) is 16.5 Å². The Labute approximate surface area is 119 Å². The molecule has 0 unspecified atom stereocenters. The lowest BCUT2D eigenvalue weighted by atomic mass is 9.68. The van der Waals surface area contributed by atoms with Gasteiger partial charge in [-0.05, 0) is 57.3 Å². The van der Waals surface area contributed by atoms with Gasteiger partial charge in [-0.1, -0.05) is 61.4 Å². The topological polar surface area (TPSA) is 0 Å². The Bertz CT molecular complexity index is 835. The molecule has 0 N–H and O–H groups in total. The molecule has 98 valence electrons. The second kappa shape index (κ2) is 3.63. The lowest BCUT2D eigenvalue weighted by Gasteiger charge is -2.36. The molecule has 1 fully saturated rings. The smallest absolute Gasteiger partial charge is 0.00000594 e. The lowest BCUT2D eigenvalue weighted by Crippen LogP contribution is -2.28. The largest absolute Gasteiger partial charge is 0.0614 e. The van der Waals surface area contributed by atoms with Crippen LogP contribution in [0.4, 0.5) is 0 Å². The fourth-order valence-corrected chi connectivity index (χ4v) is 4.78. The van der Waals surface area contributed by atoms with Gasteiger partial charge in [0.2, 0.25) is 0 Å². The van der Waals surface area contributed by atoms with E-state index in [1.165, 1.54) is 48.3 Å². The summed E-state index contributed by atoms with van der Waals surface area (Å²) in [6, 6.07) is 18.4. The Morgan fingerprint density at radius 1 is 0.700 bits per heavy atom. The van der Waals surface area contributed by atoms with Gasteiger partial charge in [-0.25, -0.2) is 0 Å². The minimum atomic E-state index is 0.433. The van der Waals surface area contributed by atoms with E-state index < -0.39 is 0 Å². The fourth-order valence-electron chi connectivity index (χ4n) is 4.78. The van der Waals surface area contributed by atoms with E-state index in [2.05, 4.69) is 48.5 Å². The Balaban J connectivity index is 2.03. The van der Waals surface area contributed by atoms with Crippen LogP contribution in [0.1, 0.15) is 36.8 Å². The van der Waals surface area contributed by atoms with E-state index >= 15 is 0 Å². The van der Waals surface area contributed by atoms with Crippen LogP contribution in [-0.4, -0.2) is 0 Å². The number of rotatable bonds is 0. The molecule has 0 amide bonds. The van der Waals surface area contributed by atoms with Gasteiger partial charge >= 0.3 is 0 Å². The first-order valence-corrected chi connectivity index (χ1v) is 7.81. The van der Waals surface area contributed by atoms with Crippen molar-refractivity contribution < 1.29 is 0 Å². The normalized spacial score (nSPS) is 19.4. The molecule has 20 heavy (non-hydrogen) atoms. The van der Waals surface area contributed by atoms with Crippen molar-refractivity contribution in [3.63, 3.8) is 0 Å². The molecule has 3 aromatic carbocycles. The number of hydrogen-bond donors (Lipinski definition) is 0. The summed E-state index contributed by atoms with van der Waals surface area (Å²) in [5.41, 5.74) is 3.65. The zero-order chi connectivity index (χ0) is 13.2. The molecule has 0 aromatic heterocycles. The molecule has 0 saturated heterocycles. The maximum absolute atomic E-state index is 2.41. The molecule has 0 heteroatoms. The van der Waals surface area contributed by atoms with Crippen molar-refractivity contribution in [2.24, 2.45) is 0 Å². The predicted octanol–water partition coefficient (Wildman–Crippen LogP) is 5.36. The minimum absolute atomic E-state index is 0.433. The number of benzene rings is 3. The molecule has 0 bridgehead atoms. The molecule has 1 saturated carbocycles. The third kappa shape index (κ3) is 1.22. The van der Waals surface area contributed by atoms with E-state index in [4.69, 9.17) is 0 Å². The van der Waals surface area contributed by atoms with Crippen LogP contribution in [0.5, 0.6) is 0 Å². The number of hydrogen-bond acceptors (Lipinski definition) is 0. The summed E-state index contributed by atoms with van der Waals surface area (Å²) in [7, 11) is 0. The monoisotopic (exact) mass is 258 g/mol. The molecule has 0 nitrogen and oxygen atoms in total. The molecule has 1 spiro atoms. The maximum atomic E-state index is 2.41. The summed E-state index contributed by atoms with van der Waals surface area (Å²) in [4.78, 5) is 0. The molecule has 2 aliphatic carbocycles. The van der Waals surface area contributed by atoms with E-state index in [9.17, 15) is 0 Å². The first-order valence-electron chi connectivity index (χ1n) is 7.81. The molecule has 2 aliphatic rings. The van der Waals surface area contributed by atoms with E-state index in [-0.39, 0.29) is 0 Å². The summed E-state index contributed by atoms with van der Waals surface area (Å²) in [6.07, 6.45) is 6.79. The summed E-state index contributed by atoms with van der Waals surface area (Å²) >= 11 is 0. The van der Waals surface area contributed by atoms with Crippen molar-refractivity contribution in [3.8, 4) is 0 Å². The SMILES string of the molecule is c1cc2c3c(c1)ccc1cccc(c13)C1(CCCC1)C2. The standard InChI is InChI=1S/C20H18/c1-2-12-20(11-1)13-16-7-3-5-14-9-10-15-6-4-8-17(20)19(15)18(14)16/h3-10H,1-2,11-13H2. The highest BCUT2D eigenvalue weighted by atomic mass is 14.4. The Morgan fingerprint density at radius 2 is 1.40 bits per heavy atom. The van der Waals surface area contributed by atoms with Crippen molar-refractivity contribution in [1.29, 1.82) is 0 Å². The van der Waals surface area contributed by atoms with Crippen LogP contribution >= 0.6 is 0 Å². The third-order valence-corrected chi connectivity index (χ3v) is 5.63. The Morgan fingerprint density at radius 3 is 2.20 bits per heavy atom. The van der Waals surface area contributed by atoms with Gasteiger partial charge in [0.25, 0.3) is 0 Å². The molecule has 0 radical (unpaired) electrons. The second-order valence-corrected chi connectivity index (χ2v) is 6.65. The Hall–Kier alpha value is -1.82. The first-order chi connectivity index (χ1) is 9.87. The van der Waals surface area contributed by atoms with Crippen molar-refractivity contribution >= 4 is 21.5 Å². The highest BCUT2D eigenvalue weighted by molar-refractivity contribution is 6.12. The summed E-state index contributed by atoms with van der Waals surface area (Å²) in [5, 5.41) is 5.91. The van der Waals surface area contributed by atoms with Gasteiger partial charge < -0.3 is 0 Å². The second-order valence-electron chi connectivity index (χ2n) is 6.65. The number of fused-ring (bicyclic) bond motifs is 1. The average Bonchev–Trinajstić information content (AvgIpc) is 2.95. The molecule has 0 atom stereocenters. The van der Waals surface area contributed by atoms with Gasteiger partial charge in [0.05, 0.1) is 0 Å². The van der Waals surface area contributed by atoms with Crippen LogP contribution in [0.25, 0.3) is 21.5 Å². The van der Waals surface area contributed by atoms with Crippen LogP contribution in [0.15, 0.2) is 48.5 Å². The summed E-state index contributed by atoms with van der Waals surface area (Å²) in [5.74, 6) is 0. The average molecular weight is 258 g/mol. The lowest BCUT2D eigenvalue weighted by molar-refractivity contribution is 0.440. The van der Waals surface area contributed by atoms with Crippen molar-refractivity contribution in [1.82, 2.24) is 0 Å². The van der Waals surface area contributed by atoms with Crippen LogP contribution in [0, 0.1) is 0 Å². The van der Waals surface area contributed by atoms with Crippen LogP contribution in [0.3, 0.4) is 0 Å². The highest BCUT2D eigenvalue weighted by Gasteiger charge is 2.39. The van der Waals surface area contributed by atoms with Gasteiger partial charge in [0.1, 0.15) is 0 Å². The predicted molar refractivity (Wildman–Crippen MR) is 85.3 cm³/mol. The zero-order valence-corrected chi connectivity index (χ0v) is 11.7. The first kappa shape index (κ1) is 10.9. The van der Waals surface area contributed by atoms with E-state index in [0.717, 1.165) is 0 Å². The molecular formula is C20H18. The summed E-state index contributed by atoms with van der Waals surface area (Å²) < 4.78 is 0. The van der Waals surface area contributed by atoms with Gasteiger partial charge in [-0.3, -0.25) is 0 Å². The van der Waals surface area contributed by atoms with E-state index in [1.807, 2.05) is 0 Å². The molecule has 0 heterocycles. The van der Waals surface area contributed by atoms with E-state index in [0.29, 0.717) is 5.41 Å². The van der Waals surface area contributed by atoms with Crippen LogP contribution in [0.2, 0.25) is 0 Å². The van der Waals surface area contributed by atoms with Crippen molar-refractivity contribution in [3.05, 3.63) is 59.7 Å². The van der Waals surface area contributed by atoms with Gasteiger partial charge in [0.15, 0.2) is 0 Å². The Kier molecular flexibility index (Phi) is 1.98. The van der Waals surface area contributed by atoms with Crippen molar-refractivity contribution in [2.45, 2.75) is 37.5 Å².